The van der Waals surface area contributed by atoms with Gasteiger partial charge in [-0.3, -0.25) is 9.59 Å². The van der Waals surface area contributed by atoms with Gasteiger partial charge in [-0.2, -0.15) is 0 Å². The van der Waals surface area contributed by atoms with Crippen molar-refractivity contribution >= 4 is 75.5 Å². The van der Waals surface area contributed by atoms with E-state index in [0.717, 1.165) is 43.6 Å². The summed E-state index contributed by atoms with van der Waals surface area (Å²) in [5.74, 6) is 0.953. The third-order valence-electron chi connectivity index (χ3n) is 4.25. The van der Waals surface area contributed by atoms with Crippen LogP contribution < -0.4 is 20.1 Å². The summed E-state index contributed by atoms with van der Waals surface area (Å²) in [5, 5.41) is 5.70. The first kappa shape index (κ1) is 27.1. The van der Waals surface area contributed by atoms with Gasteiger partial charge in [-0.05, 0) is 81.1 Å². The first-order valence-electron chi connectivity index (χ1n) is 10.0. The normalized spacial score (nSPS) is 10.5. The van der Waals surface area contributed by atoms with Gasteiger partial charge in [-0.1, -0.05) is 44.7 Å². The van der Waals surface area contributed by atoms with Crippen molar-refractivity contribution in [2.75, 3.05) is 26.3 Å². The number of ether oxygens (including phenoxy) is 2. The average molecular weight is 700 g/mol. The second-order valence-corrected chi connectivity index (χ2v) is 10.4. The Labute approximate surface area is 221 Å². The van der Waals surface area contributed by atoms with E-state index in [2.05, 4.69) is 74.4 Å². The lowest BCUT2D eigenvalue weighted by molar-refractivity contribution is -0.123. The molecule has 0 radical (unpaired) electrons. The number of unbranched alkanes of at least 4 members (excludes halogenated alkanes) is 3. The largest absolute Gasteiger partial charge is 0.483 e. The summed E-state index contributed by atoms with van der Waals surface area (Å²) in [6.45, 7) is 1.16. The molecule has 174 valence electrons. The molecule has 10 heteroatoms. The maximum absolute atomic E-state index is 11.9. The number of rotatable bonds is 13. The van der Waals surface area contributed by atoms with Crippen LogP contribution in [-0.2, 0) is 9.59 Å². The van der Waals surface area contributed by atoms with Crippen molar-refractivity contribution in [3.05, 3.63) is 54.3 Å². The highest BCUT2D eigenvalue weighted by atomic mass is 79.9. The summed E-state index contributed by atoms with van der Waals surface area (Å²) < 4.78 is 14.5. The number of amides is 2. The van der Waals surface area contributed by atoms with Crippen molar-refractivity contribution in [3.8, 4) is 11.5 Å². The molecule has 0 aliphatic carbocycles. The molecular weight excluding hydrogens is 676 g/mol. The standard InChI is InChI=1S/C22H24Br4N2O4/c23-15-5-7-19(17(25)11-15)31-13-21(29)27-9-3-1-2-4-10-28-22(30)14-32-20-8-6-16(24)12-18(20)26/h5-8,11-12H,1-4,9-10,13-14H2,(H,27,29)(H,28,30). The number of carbonyl (C=O) groups is 2. The van der Waals surface area contributed by atoms with Gasteiger partial charge in [-0.15, -0.1) is 0 Å². The molecule has 0 fully saturated rings. The Balaban J connectivity index is 1.46. The van der Waals surface area contributed by atoms with Crippen LogP contribution in [0, 0.1) is 0 Å². The third-order valence-corrected chi connectivity index (χ3v) is 6.48. The zero-order chi connectivity index (χ0) is 23.3. The quantitative estimate of drug-likeness (QED) is 0.252. The first-order chi connectivity index (χ1) is 15.3. The minimum Gasteiger partial charge on any atom is -0.483 e. The Morgan fingerprint density at radius 2 is 1.06 bits per heavy atom. The summed E-state index contributed by atoms with van der Waals surface area (Å²) in [4.78, 5) is 23.8. The van der Waals surface area contributed by atoms with Crippen LogP contribution in [0.2, 0.25) is 0 Å². The molecule has 0 saturated heterocycles. The van der Waals surface area contributed by atoms with Gasteiger partial charge >= 0.3 is 0 Å². The van der Waals surface area contributed by atoms with E-state index in [1.807, 2.05) is 24.3 Å². The zero-order valence-electron chi connectivity index (χ0n) is 17.3. The van der Waals surface area contributed by atoms with Crippen LogP contribution in [0.1, 0.15) is 25.7 Å². The second-order valence-electron chi connectivity index (χ2n) is 6.84. The molecule has 32 heavy (non-hydrogen) atoms. The third kappa shape index (κ3) is 10.7. The van der Waals surface area contributed by atoms with Gasteiger partial charge in [-0.25, -0.2) is 0 Å². The Kier molecular flexibility index (Phi) is 12.7. The summed E-state index contributed by atoms with van der Waals surface area (Å²) >= 11 is 13.5. The smallest absolute Gasteiger partial charge is 0.257 e. The van der Waals surface area contributed by atoms with E-state index in [0.29, 0.717) is 24.6 Å². The molecule has 0 spiro atoms. The van der Waals surface area contributed by atoms with E-state index in [9.17, 15) is 9.59 Å². The Bertz CT molecular complexity index is 838. The summed E-state index contributed by atoms with van der Waals surface area (Å²) in [6, 6.07) is 11.0. The number of halogens is 4. The molecule has 0 saturated carbocycles. The van der Waals surface area contributed by atoms with Gasteiger partial charge in [0.05, 0.1) is 8.95 Å². The molecule has 0 aliphatic rings. The number of nitrogens with one attached hydrogen (secondary N) is 2. The van der Waals surface area contributed by atoms with Crippen molar-refractivity contribution in [1.29, 1.82) is 0 Å². The summed E-state index contributed by atoms with van der Waals surface area (Å²) in [5.41, 5.74) is 0. The minimum atomic E-state index is -0.149. The van der Waals surface area contributed by atoms with Crippen molar-refractivity contribution in [1.82, 2.24) is 10.6 Å². The number of hydrogen-bond acceptors (Lipinski definition) is 4. The fourth-order valence-electron chi connectivity index (χ4n) is 2.63. The monoisotopic (exact) mass is 696 g/mol. The Morgan fingerprint density at radius 1 is 0.656 bits per heavy atom. The van der Waals surface area contributed by atoms with Gasteiger partial charge in [0.25, 0.3) is 11.8 Å². The van der Waals surface area contributed by atoms with Gasteiger partial charge in [0, 0.05) is 22.0 Å². The molecule has 0 heterocycles. The van der Waals surface area contributed by atoms with Crippen molar-refractivity contribution in [2.24, 2.45) is 0 Å². The van der Waals surface area contributed by atoms with E-state index in [1.54, 1.807) is 12.1 Å². The van der Waals surface area contributed by atoms with Gasteiger partial charge < -0.3 is 20.1 Å². The predicted molar refractivity (Wildman–Crippen MR) is 139 cm³/mol. The van der Waals surface area contributed by atoms with Gasteiger partial charge in [0.2, 0.25) is 0 Å². The number of benzene rings is 2. The second kappa shape index (κ2) is 14.9. The maximum atomic E-state index is 11.9. The van der Waals surface area contributed by atoms with E-state index >= 15 is 0 Å². The molecule has 2 amide bonds. The van der Waals surface area contributed by atoms with Crippen LogP contribution in [0.3, 0.4) is 0 Å². The lowest BCUT2D eigenvalue weighted by atomic mass is 10.2. The first-order valence-corrected chi connectivity index (χ1v) is 13.2. The molecule has 0 atom stereocenters. The fraction of sp³-hybridized carbons (Fsp3) is 0.364. The predicted octanol–water partition coefficient (Wildman–Crippen LogP) is 5.99. The molecule has 2 N–H and O–H groups in total. The highest BCUT2D eigenvalue weighted by Gasteiger charge is 2.07. The summed E-state index contributed by atoms with van der Waals surface area (Å²) in [6.07, 6.45) is 3.69. The Morgan fingerprint density at radius 3 is 1.44 bits per heavy atom. The van der Waals surface area contributed by atoms with E-state index in [1.165, 1.54) is 0 Å². The molecular formula is C22H24Br4N2O4. The topological polar surface area (TPSA) is 76.7 Å². The van der Waals surface area contributed by atoms with Crippen molar-refractivity contribution < 1.29 is 19.1 Å². The molecule has 6 nitrogen and oxygen atoms in total. The van der Waals surface area contributed by atoms with Gasteiger partial charge in [0.15, 0.2) is 13.2 Å². The highest BCUT2D eigenvalue weighted by molar-refractivity contribution is 9.11. The molecule has 0 bridgehead atoms. The maximum Gasteiger partial charge on any atom is 0.257 e. The molecule has 2 rings (SSSR count). The van der Waals surface area contributed by atoms with E-state index in [-0.39, 0.29) is 25.0 Å². The molecule has 2 aromatic rings. The lowest BCUT2D eigenvalue weighted by Crippen LogP contribution is -2.30. The molecule has 0 aliphatic heterocycles. The zero-order valence-corrected chi connectivity index (χ0v) is 23.6. The Hall–Kier alpha value is -1.10. The number of carbonyl (C=O) groups excluding carboxylic acids is 2. The average Bonchev–Trinajstić information content (AvgIpc) is 2.74. The lowest BCUT2D eigenvalue weighted by Gasteiger charge is -2.10. The SMILES string of the molecule is O=C(COc1ccc(Br)cc1Br)NCCCCCCNC(=O)COc1ccc(Br)cc1Br. The highest BCUT2D eigenvalue weighted by Crippen LogP contribution is 2.28. The van der Waals surface area contributed by atoms with Crippen LogP contribution in [0.4, 0.5) is 0 Å². The molecule has 2 aromatic carbocycles. The van der Waals surface area contributed by atoms with Crippen LogP contribution in [0.25, 0.3) is 0 Å². The van der Waals surface area contributed by atoms with Crippen LogP contribution in [0.15, 0.2) is 54.3 Å². The van der Waals surface area contributed by atoms with Gasteiger partial charge in [0.1, 0.15) is 11.5 Å². The van der Waals surface area contributed by atoms with Crippen molar-refractivity contribution in [2.45, 2.75) is 25.7 Å². The van der Waals surface area contributed by atoms with E-state index < -0.39 is 0 Å². The van der Waals surface area contributed by atoms with Crippen LogP contribution in [0.5, 0.6) is 11.5 Å². The van der Waals surface area contributed by atoms with E-state index in [4.69, 9.17) is 9.47 Å². The van der Waals surface area contributed by atoms with Crippen LogP contribution >= 0.6 is 63.7 Å². The summed E-state index contributed by atoms with van der Waals surface area (Å²) in [7, 11) is 0. The van der Waals surface area contributed by atoms with Crippen LogP contribution in [-0.4, -0.2) is 38.1 Å². The molecule has 0 aromatic heterocycles. The minimum absolute atomic E-state index is 0.0227. The number of hydrogen-bond donors (Lipinski definition) is 2. The fourth-order valence-corrected chi connectivity index (χ4v) is 4.96. The van der Waals surface area contributed by atoms with Crippen molar-refractivity contribution in [3.63, 3.8) is 0 Å². The molecule has 0 unspecified atom stereocenters.